The third kappa shape index (κ3) is 5.72. The van der Waals surface area contributed by atoms with Gasteiger partial charge < -0.3 is 9.80 Å². The van der Waals surface area contributed by atoms with E-state index in [4.69, 9.17) is 4.18 Å². The first-order chi connectivity index (χ1) is 14.2. The van der Waals surface area contributed by atoms with E-state index >= 15 is 0 Å². The lowest BCUT2D eigenvalue weighted by Crippen LogP contribution is -2.27. The van der Waals surface area contributed by atoms with Crippen LogP contribution in [0.15, 0.2) is 33.6 Å². The summed E-state index contributed by atoms with van der Waals surface area (Å²) in [6.07, 6.45) is 4.73. The van der Waals surface area contributed by atoms with Gasteiger partial charge >= 0.3 is 0 Å². The Morgan fingerprint density at radius 3 is 2.03 bits per heavy atom. The topological polar surface area (TPSA) is 49.9 Å². The van der Waals surface area contributed by atoms with E-state index < -0.39 is 10.1 Å². The summed E-state index contributed by atoms with van der Waals surface area (Å²) in [4.78, 5) is 4.98. The molecule has 1 aromatic rings. The zero-order valence-corrected chi connectivity index (χ0v) is 20.7. The summed E-state index contributed by atoms with van der Waals surface area (Å²) in [5.74, 6) is 4.05. The number of nitrogens with zero attached hydrogens (tertiary/aromatic N) is 2. The van der Waals surface area contributed by atoms with Gasteiger partial charge in [0, 0.05) is 36.6 Å². The Morgan fingerprint density at radius 1 is 0.871 bits per heavy atom. The van der Waals surface area contributed by atoms with Crippen LogP contribution in [0, 0.1) is 29.6 Å². The minimum absolute atomic E-state index is 0. The molecule has 0 spiro atoms. The summed E-state index contributed by atoms with van der Waals surface area (Å²) < 4.78 is 31.0. The molecule has 2 aliphatic carbocycles. The van der Waals surface area contributed by atoms with Crippen LogP contribution < -0.4 is 0 Å². The third-order valence-electron chi connectivity index (χ3n) is 7.72. The third-order valence-corrected chi connectivity index (χ3v) is 9.60. The summed E-state index contributed by atoms with van der Waals surface area (Å²) in [6.45, 7) is 7.15. The zero-order valence-electron chi connectivity index (χ0n) is 18.3. The number of rotatable bonds is 3. The number of likely N-dealkylation sites (tertiary alicyclic amines) is 2. The van der Waals surface area contributed by atoms with Gasteiger partial charge in [-0.1, -0.05) is 36.7 Å². The number of hydrogen-bond acceptors (Lipinski definition) is 5. The molecule has 4 fully saturated rings. The van der Waals surface area contributed by atoms with Crippen molar-refractivity contribution in [2.24, 2.45) is 29.6 Å². The molecule has 5 rings (SSSR count). The minimum Gasteiger partial charge on any atom is -0.306 e. The van der Waals surface area contributed by atoms with Gasteiger partial charge in [0.2, 0.25) is 0 Å². The molecule has 176 valence electrons. The van der Waals surface area contributed by atoms with Gasteiger partial charge in [0.1, 0.15) is 0 Å². The average Bonchev–Trinajstić information content (AvgIpc) is 3.41. The van der Waals surface area contributed by atoms with Gasteiger partial charge in [0.05, 0.1) is 11.0 Å². The van der Waals surface area contributed by atoms with Crippen molar-refractivity contribution in [1.29, 1.82) is 0 Å². The SMILES string of the molecule is C.CC1CCC2CN(C)CC12.CN1CC2CCC(OS(=O)(=O)c3ccc(Br)cc3)C2C1. The van der Waals surface area contributed by atoms with Crippen LogP contribution >= 0.6 is 15.9 Å². The van der Waals surface area contributed by atoms with Gasteiger partial charge in [-0.05, 0) is 81.3 Å². The first kappa shape index (κ1) is 25.2. The van der Waals surface area contributed by atoms with Crippen LogP contribution in [0.2, 0.25) is 0 Å². The van der Waals surface area contributed by atoms with Crippen LogP contribution in [0.3, 0.4) is 0 Å². The van der Waals surface area contributed by atoms with E-state index in [9.17, 15) is 8.42 Å². The highest BCUT2D eigenvalue weighted by Gasteiger charge is 2.44. The van der Waals surface area contributed by atoms with Crippen molar-refractivity contribution in [3.8, 4) is 0 Å². The maximum atomic E-state index is 12.3. The molecule has 1 aromatic carbocycles. The van der Waals surface area contributed by atoms with Gasteiger partial charge in [0.15, 0.2) is 0 Å². The van der Waals surface area contributed by atoms with Crippen LogP contribution in [0.1, 0.15) is 40.0 Å². The maximum absolute atomic E-state index is 12.3. The smallest absolute Gasteiger partial charge is 0.297 e. The molecule has 2 aliphatic heterocycles. The second-order valence-corrected chi connectivity index (χ2v) is 12.5. The first-order valence-corrected chi connectivity index (χ1v) is 13.5. The van der Waals surface area contributed by atoms with E-state index in [2.05, 4.69) is 46.7 Å². The van der Waals surface area contributed by atoms with Crippen molar-refractivity contribution < 1.29 is 12.6 Å². The molecule has 0 radical (unpaired) electrons. The predicted molar refractivity (Wildman–Crippen MR) is 130 cm³/mol. The Morgan fingerprint density at radius 2 is 1.42 bits per heavy atom. The van der Waals surface area contributed by atoms with Crippen molar-refractivity contribution in [3.05, 3.63) is 28.7 Å². The molecule has 0 N–H and O–H groups in total. The Labute approximate surface area is 197 Å². The minimum atomic E-state index is -3.66. The fourth-order valence-corrected chi connectivity index (χ4v) is 7.55. The maximum Gasteiger partial charge on any atom is 0.297 e. The van der Waals surface area contributed by atoms with E-state index in [0.29, 0.717) is 11.8 Å². The number of fused-ring (bicyclic) bond motifs is 2. The normalized spacial score (nSPS) is 35.2. The van der Waals surface area contributed by atoms with E-state index in [0.717, 1.165) is 48.2 Å². The molecule has 6 atom stereocenters. The van der Waals surface area contributed by atoms with Crippen LogP contribution in [0.25, 0.3) is 0 Å². The summed E-state index contributed by atoms with van der Waals surface area (Å²) in [6, 6.07) is 6.59. The largest absolute Gasteiger partial charge is 0.306 e. The molecule has 6 unspecified atom stereocenters. The molecule has 4 aliphatic rings. The Balaban J connectivity index is 0.000000208. The van der Waals surface area contributed by atoms with E-state index in [1.54, 1.807) is 24.3 Å². The van der Waals surface area contributed by atoms with Gasteiger partial charge in [-0.25, -0.2) is 0 Å². The highest BCUT2D eigenvalue weighted by molar-refractivity contribution is 9.10. The highest BCUT2D eigenvalue weighted by atomic mass is 79.9. The average molecular weight is 516 g/mol. The molecule has 7 heteroatoms. The summed E-state index contributed by atoms with van der Waals surface area (Å²) >= 11 is 3.30. The Kier molecular flexibility index (Phi) is 8.28. The second-order valence-electron chi connectivity index (χ2n) is 9.96. The molecule has 5 nitrogen and oxygen atoms in total. The lowest BCUT2D eigenvalue weighted by atomic mass is 9.94. The van der Waals surface area contributed by atoms with E-state index in [1.165, 1.54) is 25.9 Å². The monoisotopic (exact) mass is 514 g/mol. The quantitative estimate of drug-likeness (QED) is 0.545. The molecule has 2 saturated carbocycles. The molecule has 2 heterocycles. The van der Waals surface area contributed by atoms with Crippen molar-refractivity contribution in [2.75, 3.05) is 40.3 Å². The van der Waals surface area contributed by atoms with Crippen LogP contribution in [-0.4, -0.2) is 64.6 Å². The van der Waals surface area contributed by atoms with Gasteiger partial charge in [-0.15, -0.1) is 0 Å². The van der Waals surface area contributed by atoms with E-state index in [-0.39, 0.29) is 18.4 Å². The van der Waals surface area contributed by atoms with Crippen LogP contribution in [0.5, 0.6) is 0 Å². The summed E-state index contributed by atoms with van der Waals surface area (Å²) in [5.41, 5.74) is 0. The van der Waals surface area contributed by atoms with E-state index in [1.807, 2.05) is 0 Å². The molecule has 0 aromatic heterocycles. The highest BCUT2D eigenvalue weighted by Crippen LogP contribution is 2.41. The molecule has 2 saturated heterocycles. The van der Waals surface area contributed by atoms with Crippen LogP contribution in [-0.2, 0) is 14.3 Å². The molecule has 0 bridgehead atoms. The number of benzene rings is 1. The van der Waals surface area contributed by atoms with Crippen molar-refractivity contribution in [1.82, 2.24) is 9.80 Å². The second kappa shape index (κ2) is 10.2. The Hall–Kier alpha value is -0.470. The number of hydrogen-bond donors (Lipinski definition) is 0. The van der Waals surface area contributed by atoms with Crippen molar-refractivity contribution >= 4 is 26.0 Å². The molecule has 0 amide bonds. The van der Waals surface area contributed by atoms with Crippen molar-refractivity contribution in [2.45, 2.75) is 51.0 Å². The zero-order chi connectivity index (χ0) is 21.5. The van der Waals surface area contributed by atoms with Crippen molar-refractivity contribution in [3.63, 3.8) is 0 Å². The standard InChI is InChI=1S/C14H18BrNO3S.C9H17N.CH4/c1-16-8-10-2-7-14(13(10)9-16)19-20(17,18)12-5-3-11(15)4-6-12;1-7-3-4-8-5-10(2)6-9(7)8;/h3-6,10,13-14H,2,7-9H2,1H3;7-9H,3-6H2,1-2H3;1H4. The summed E-state index contributed by atoms with van der Waals surface area (Å²) in [7, 11) is 0.681. The Bertz CT molecular complexity index is 832. The molecular weight excluding hydrogens is 476 g/mol. The molecular formula is C24H39BrN2O3S. The molecule has 31 heavy (non-hydrogen) atoms. The summed E-state index contributed by atoms with van der Waals surface area (Å²) in [5, 5.41) is 0. The lowest BCUT2D eigenvalue weighted by molar-refractivity contribution is 0.158. The van der Waals surface area contributed by atoms with Crippen LogP contribution in [0.4, 0.5) is 0 Å². The van der Waals surface area contributed by atoms with Gasteiger partial charge in [-0.2, -0.15) is 8.42 Å². The van der Waals surface area contributed by atoms with Gasteiger partial charge in [-0.3, -0.25) is 4.18 Å². The number of halogens is 1. The fourth-order valence-electron chi connectivity index (χ4n) is 6.14. The lowest BCUT2D eigenvalue weighted by Gasteiger charge is -2.19. The van der Waals surface area contributed by atoms with Gasteiger partial charge in [0.25, 0.3) is 10.1 Å². The predicted octanol–water partition coefficient (Wildman–Crippen LogP) is 4.72. The first-order valence-electron chi connectivity index (χ1n) is 11.3. The fraction of sp³-hybridized carbons (Fsp3) is 0.750.